The molecule has 0 unspecified atom stereocenters. The zero-order valence-corrected chi connectivity index (χ0v) is 12.3. The summed E-state index contributed by atoms with van der Waals surface area (Å²) >= 11 is 4.26. The van der Waals surface area contributed by atoms with Crippen molar-refractivity contribution in [2.45, 2.75) is 25.7 Å². The van der Waals surface area contributed by atoms with Gasteiger partial charge in [0.25, 0.3) is 0 Å². The molecule has 0 aromatic rings. The predicted molar refractivity (Wildman–Crippen MR) is 35.8 cm³/mol. The molecule has 0 radical (unpaired) electrons. The third-order valence-electron chi connectivity index (χ3n) is 1.01. The van der Waals surface area contributed by atoms with Crippen molar-refractivity contribution < 1.29 is 73.8 Å². The van der Waals surface area contributed by atoms with Crippen LogP contribution in [0.3, 0.4) is 0 Å². The molecule has 12 heavy (non-hydrogen) atoms. The van der Waals surface area contributed by atoms with Gasteiger partial charge >= 0.3 is 59.1 Å². The Morgan fingerprint density at radius 2 is 1.50 bits per heavy atom. The van der Waals surface area contributed by atoms with E-state index >= 15 is 0 Å². The fourth-order valence-electron chi connectivity index (χ4n) is 0.539. The minimum Gasteiger partial charge on any atom is -0.742 e. The molecule has 0 rings (SSSR count). The van der Waals surface area contributed by atoms with Crippen LogP contribution in [0, 0.1) is 0 Å². The van der Waals surface area contributed by atoms with Gasteiger partial charge in [-0.2, -0.15) is 0 Å². The molecule has 0 aliphatic rings. The smallest absolute Gasteiger partial charge is 0.742 e. The largest absolute Gasteiger partial charge is 1.00 e. The van der Waals surface area contributed by atoms with Crippen molar-refractivity contribution in [2.75, 3.05) is 0 Å². The Morgan fingerprint density at radius 3 is 1.83 bits per heavy atom. The number of carbonyl (C=O) groups is 2. The van der Waals surface area contributed by atoms with Crippen LogP contribution in [0.4, 0.5) is 0 Å². The molecule has 0 N–H and O–H groups in total. The number of unbranched alkanes of at least 4 members (excludes halogenated alkanes) is 1. The molecule has 6 heteroatoms. The Balaban J connectivity index is -0.000000405. The van der Waals surface area contributed by atoms with Crippen LogP contribution in [-0.4, -0.2) is 11.1 Å². The summed E-state index contributed by atoms with van der Waals surface area (Å²) in [5.41, 5.74) is 0. The van der Waals surface area contributed by atoms with Crippen LogP contribution in [0.2, 0.25) is 0 Å². The van der Waals surface area contributed by atoms with Crippen LogP contribution in [0.15, 0.2) is 0 Å². The second-order valence-electron chi connectivity index (χ2n) is 1.95. The zero-order chi connectivity index (χ0) is 7.98. The Hall–Kier alpha value is 1.36. The van der Waals surface area contributed by atoms with Crippen LogP contribution in [-0.2, 0) is 22.2 Å². The first-order valence-electron chi connectivity index (χ1n) is 3.02. The van der Waals surface area contributed by atoms with Gasteiger partial charge in [0.2, 0.25) is 0 Å². The van der Waals surface area contributed by atoms with Crippen molar-refractivity contribution in [3.63, 3.8) is 0 Å². The number of hydrogen-bond acceptors (Lipinski definition) is 4. The Kier molecular flexibility index (Phi) is 19.6. The molecular formula is C6H8Na2O3S. The number of carboxylic acid groups (broad SMARTS) is 1. The van der Waals surface area contributed by atoms with E-state index in [1.165, 1.54) is 0 Å². The van der Waals surface area contributed by atoms with Gasteiger partial charge in [0.15, 0.2) is 0 Å². The summed E-state index contributed by atoms with van der Waals surface area (Å²) in [6, 6.07) is 0. The molecule has 0 heterocycles. The van der Waals surface area contributed by atoms with Crippen molar-refractivity contribution >= 4 is 23.7 Å². The molecule has 0 atom stereocenters. The van der Waals surface area contributed by atoms with Crippen molar-refractivity contribution in [3.05, 3.63) is 0 Å². The molecule has 58 valence electrons. The number of carboxylic acids is 1. The minimum atomic E-state index is -1.07. The maximum atomic E-state index is 10.1. The minimum absolute atomic E-state index is 0. The third-order valence-corrected chi connectivity index (χ3v) is 1.22. The van der Waals surface area contributed by atoms with Gasteiger partial charge in [-0.3, -0.25) is 0 Å². The molecule has 0 saturated carbocycles. The summed E-state index contributed by atoms with van der Waals surface area (Å²) in [7, 11) is 0. The van der Waals surface area contributed by atoms with E-state index < -0.39 is 5.97 Å². The predicted octanol–water partition coefficient (Wildman–Crippen LogP) is -6.62. The van der Waals surface area contributed by atoms with Gasteiger partial charge < -0.3 is 27.3 Å². The maximum Gasteiger partial charge on any atom is 1.00 e. The molecule has 0 saturated heterocycles. The molecule has 0 amide bonds. The van der Waals surface area contributed by atoms with Crippen LogP contribution in [0.25, 0.3) is 0 Å². The number of carbonyl (C=O) groups excluding carboxylic acids is 2. The van der Waals surface area contributed by atoms with E-state index in [0.717, 1.165) is 0 Å². The first kappa shape index (κ1) is 19.0. The maximum absolute atomic E-state index is 10.1. The third kappa shape index (κ3) is 17.4. The molecule has 0 aliphatic heterocycles. The fraction of sp³-hybridized carbons (Fsp3) is 0.667. The summed E-state index contributed by atoms with van der Waals surface area (Å²) in [4.78, 5) is 20.0. The summed E-state index contributed by atoms with van der Waals surface area (Å²) in [6.45, 7) is 0. The number of aliphatic carboxylic acids is 1. The molecule has 0 bridgehead atoms. The topological polar surface area (TPSA) is 57.2 Å². The van der Waals surface area contributed by atoms with E-state index in [0.29, 0.717) is 19.3 Å². The van der Waals surface area contributed by atoms with Gasteiger partial charge in [-0.25, -0.2) is 0 Å². The molecule has 0 spiro atoms. The van der Waals surface area contributed by atoms with Crippen molar-refractivity contribution in [2.24, 2.45) is 0 Å². The van der Waals surface area contributed by atoms with E-state index in [1.807, 2.05) is 0 Å². The van der Waals surface area contributed by atoms with Gasteiger partial charge in [0.05, 0.1) is 0 Å². The summed E-state index contributed by atoms with van der Waals surface area (Å²) < 4.78 is 0. The SMILES string of the molecule is O=C([O-])CCCCC(=O)[S-].[Na+].[Na+]. The average molecular weight is 206 g/mol. The van der Waals surface area contributed by atoms with Crippen LogP contribution >= 0.6 is 0 Å². The van der Waals surface area contributed by atoms with E-state index in [1.54, 1.807) is 0 Å². The standard InChI is InChI=1S/C6H10O3S.2Na/c7-5(8)3-1-2-4-6(9)10;;/h1-4H2,(H,7,8)(H,9,10);;/q;2*+1/p-2. The molecule has 0 aromatic carbocycles. The summed E-state index contributed by atoms with van der Waals surface area (Å²) in [5.74, 6) is -1.07. The Bertz CT molecular complexity index is 125. The molecular weight excluding hydrogens is 198 g/mol. The van der Waals surface area contributed by atoms with Crippen molar-refractivity contribution in [1.82, 2.24) is 0 Å². The molecule has 0 fully saturated rings. The second-order valence-corrected chi connectivity index (χ2v) is 2.41. The Morgan fingerprint density at radius 1 is 1.08 bits per heavy atom. The summed E-state index contributed by atoms with van der Waals surface area (Å²) in [5, 5.41) is 9.51. The van der Waals surface area contributed by atoms with E-state index in [2.05, 4.69) is 12.6 Å². The number of hydrogen-bond donors (Lipinski definition) is 0. The van der Waals surface area contributed by atoms with Crippen LogP contribution in [0.5, 0.6) is 0 Å². The molecule has 3 nitrogen and oxygen atoms in total. The number of rotatable bonds is 5. The van der Waals surface area contributed by atoms with Gasteiger partial charge in [0, 0.05) is 11.1 Å². The van der Waals surface area contributed by atoms with Crippen LogP contribution in [0.1, 0.15) is 25.7 Å². The summed E-state index contributed by atoms with van der Waals surface area (Å²) in [6.07, 6.45) is 1.34. The van der Waals surface area contributed by atoms with Gasteiger partial charge in [0.1, 0.15) is 0 Å². The van der Waals surface area contributed by atoms with Gasteiger partial charge in [-0.15, -0.1) is 0 Å². The van der Waals surface area contributed by atoms with E-state index in [-0.39, 0.29) is 70.7 Å². The molecule has 0 aromatic heterocycles. The van der Waals surface area contributed by atoms with E-state index in [4.69, 9.17) is 0 Å². The Labute approximate surface area is 122 Å². The fourth-order valence-corrected chi connectivity index (χ4v) is 0.683. The normalized spacial score (nSPS) is 7.67. The first-order chi connectivity index (χ1) is 4.63. The zero-order valence-electron chi connectivity index (χ0n) is 7.46. The van der Waals surface area contributed by atoms with Crippen molar-refractivity contribution in [3.8, 4) is 0 Å². The first-order valence-corrected chi connectivity index (χ1v) is 3.43. The van der Waals surface area contributed by atoms with Crippen molar-refractivity contribution in [1.29, 1.82) is 0 Å². The van der Waals surface area contributed by atoms with Gasteiger partial charge in [-0.05, 0) is 25.7 Å². The second kappa shape index (κ2) is 12.4. The quantitative estimate of drug-likeness (QED) is 0.255. The van der Waals surface area contributed by atoms with Crippen LogP contribution < -0.4 is 64.2 Å². The average Bonchev–Trinajstić information content (AvgIpc) is 1.79. The molecule has 0 aliphatic carbocycles. The van der Waals surface area contributed by atoms with Gasteiger partial charge in [-0.1, -0.05) is 0 Å². The monoisotopic (exact) mass is 206 g/mol. The van der Waals surface area contributed by atoms with E-state index in [9.17, 15) is 14.7 Å².